The summed E-state index contributed by atoms with van der Waals surface area (Å²) in [5, 5.41) is 0. The average Bonchev–Trinajstić information content (AvgIpc) is 3.38. The first-order valence-corrected chi connectivity index (χ1v) is 32.7. The van der Waals surface area contributed by atoms with E-state index in [1.165, 1.54) is 250 Å². The molecule has 0 bridgehead atoms. The molecule has 0 aliphatic heterocycles. The van der Waals surface area contributed by atoms with E-state index in [0.717, 1.165) is 75.5 Å². The van der Waals surface area contributed by atoms with Crippen LogP contribution in [0.5, 0.6) is 0 Å². The summed E-state index contributed by atoms with van der Waals surface area (Å²) in [7, 11) is 0. The molecular weight excluding hydrogens is 889 g/mol. The van der Waals surface area contributed by atoms with Crippen LogP contribution < -0.4 is 0 Å². The van der Waals surface area contributed by atoms with Crippen LogP contribution in [0.25, 0.3) is 0 Å². The van der Waals surface area contributed by atoms with Gasteiger partial charge < -0.3 is 14.2 Å². The molecule has 3 unspecified atom stereocenters. The van der Waals surface area contributed by atoms with Crippen molar-refractivity contribution in [3.63, 3.8) is 0 Å². The fourth-order valence-corrected chi connectivity index (χ4v) is 10.1. The van der Waals surface area contributed by atoms with Crippen LogP contribution in [0.4, 0.5) is 0 Å². The lowest BCUT2D eigenvalue weighted by Gasteiger charge is -2.18. The normalized spacial score (nSPS) is 13.2. The fraction of sp³-hybridized carbons (Fsp3) is 0.955. The standard InChI is InChI=1S/C66H128O6/c1-7-60(4)52-46-40-34-30-26-22-18-14-10-12-16-20-24-28-32-36-43-49-55-64(67)70-58-63(59-71-65(68)56-50-44-39-38-42-48-54-62(6)9-3)72-66(69)57-51-45-37-33-29-25-21-17-13-11-15-19-23-27-31-35-41-47-53-61(5)8-2/h60-63H,7-59H2,1-6H3/t60?,61?,62?,63-/m1/s1. The van der Waals surface area contributed by atoms with Gasteiger partial charge in [-0.15, -0.1) is 0 Å². The van der Waals surface area contributed by atoms with Crippen LogP contribution in [0.3, 0.4) is 0 Å². The minimum Gasteiger partial charge on any atom is -0.462 e. The maximum Gasteiger partial charge on any atom is 0.306 e. The van der Waals surface area contributed by atoms with Gasteiger partial charge in [0.05, 0.1) is 0 Å². The van der Waals surface area contributed by atoms with Gasteiger partial charge in [-0.1, -0.05) is 330 Å². The first-order chi connectivity index (χ1) is 35.2. The second-order valence-corrected chi connectivity index (χ2v) is 23.5. The number of carbonyl (C=O) groups is 3. The topological polar surface area (TPSA) is 78.9 Å². The Kier molecular flexibility index (Phi) is 55.9. The minimum absolute atomic E-state index is 0.0634. The van der Waals surface area contributed by atoms with Crippen molar-refractivity contribution in [3.05, 3.63) is 0 Å². The van der Waals surface area contributed by atoms with Crippen molar-refractivity contribution < 1.29 is 28.6 Å². The van der Waals surface area contributed by atoms with Crippen LogP contribution in [0.15, 0.2) is 0 Å². The molecule has 0 saturated carbocycles. The molecule has 4 atom stereocenters. The Morgan fingerprint density at radius 3 is 0.653 bits per heavy atom. The monoisotopic (exact) mass is 1020 g/mol. The average molecular weight is 1020 g/mol. The van der Waals surface area contributed by atoms with Crippen molar-refractivity contribution >= 4 is 17.9 Å². The first kappa shape index (κ1) is 70.4. The number of unbranched alkanes of at least 4 members (excludes halogenated alkanes) is 39. The van der Waals surface area contributed by atoms with E-state index < -0.39 is 6.10 Å². The van der Waals surface area contributed by atoms with Crippen molar-refractivity contribution in [2.45, 2.75) is 375 Å². The van der Waals surface area contributed by atoms with Gasteiger partial charge in [0.15, 0.2) is 6.10 Å². The molecule has 0 fully saturated rings. The van der Waals surface area contributed by atoms with E-state index in [1.807, 2.05) is 0 Å². The van der Waals surface area contributed by atoms with Crippen LogP contribution in [0, 0.1) is 17.8 Å². The van der Waals surface area contributed by atoms with Crippen LogP contribution >= 0.6 is 0 Å². The van der Waals surface area contributed by atoms with Crippen molar-refractivity contribution in [3.8, 4) is 0 Å². The fourth-order valence-electron chi connectivity index (χ4n) is 10.1. The highest BCUT2D eigenvalue weighted by Gasteiger charge is 2.20. The molecule has 72 heavy (non-hydrogen) atoms. The van der Waals surface area contributed by atoms with Crippen LogP contribution in [0.1, 0.15) is 369 Å². The van der Waals surface area contributed by atoms with Gasteiger partial charge in [0.25, 0.3) is 0 Å². The summed E-state index contributed by atoms with van der Waals surface area (Å²) >= 11 is 0. The maximum atomic E-state index is 12.9. The van der Waals surface area contributed by atoms with E-state index in [-0.39, 0.29) is 31.1 Å². The van der Waals surface area contributed by atoms with E-state index >= 15 is 0 Å². The number of esters is 3. The van der Waals surface area contributed by atoms with Gasteiger partial charge >= 0.3 is 17.9 Å². The Morgan fingerprint density at radius 1 is 0.264 bits per heavy atom. The lowest BCUT2D eigenvalue weighted by Crippen LogP contribution is -2.30. The lowest BCUT2D eigenvalue weighted by atomic mass is 9.99. The zero-order valence-corrected chi connectivity index (χ0v) is 49.7. The van der Waals surface area contributed by atoms with Crippen molar-refractivity contribution in [1.82, 2.24) is 0 Å². The molecule has 0 aliphatic carbocycles. The van der Waals surface area contributed by atoms with Gasteiger partial charge in [-0.25, -0.2) is 0 Å². The number of carbonyl (C=O) groups excluding carboxylic acids is 3. The van der Waals surface area contributed by atoms with Crippen LogP contribution in [-0.2, 0) is 28.6 Å². The quantitative estimate of drug-likeness (QED) is 0.0343. The molecule has 428 valence electrons. The summed E-state index contributed by atoms with van der Waals surface area (Å²) < 4.78 is 16.9. The van der Waals surface area contributed by atoms with E-state index in [1.54, 1.807) is 0 Å². The third kappa shape index (κ3) is 54.7. The highest BCUT2D eigenvalue weighted by atomic mass is 16.6. The Hall–Kier alpha value is -1.59. The van der Waals surface area contributed by atoms with E-state index in [9.17, 15) is 14.4 Å². The molecule has 6 heteroatoms. The molecule has 0 aromatic carbocycles. The number of ether oxygens (including phenoxy) is 3. The molecular formula is C66H128O6. The highest BCUT2D eigenvalue weighted by molar-refractivity contribution is 5.71. The van der Waals surface area contributed by atoms with Crippen molar-refractivity contribution in [2.75, 3.05) is 13.2 Å². The number of hydrogen-bond acceptors (Lipinski definition) is 6. The molecule has 0 heterocycles. The Bertz CT molecular complexity index is 1120. The van der Waals surface area contributed by atoms with Crippen molar-refractivity contribution in [2.24, 2.45) is 17.8 Å². The zero-order valence-electron chi connectivity index (χ0n) is 49.7. The maximum absolute atomic E-state index is 12.9. The number of rotatable bonds is 59. The Labute approximate surface area is 450 Å². The van der Waals surface area contributed by atoms with Gasteiger partial charge in [-0.05, 0) is 37.0 Å². The SMILES string of the molecule is CCC(C)CCCCCCCCCCCCCCCCCCCCC(=O)OC[C@H](COC(=O)CCCCCCCCC(C)CC)OC(=O)CCCCCCCCCCCCCCCCCCCCC(C)CC. The summed E-state index contributed by atoms with van der Waals surface area (Å²) in [6.07, 6.45) is 62.5. The third-order valence-corrected chi connectivity index (χ3v) is 16.2. The van der Waals surface area contributed by atoms with Crippen molar-refractivity contribution in [1.29, 1.82) is 0 Å². The zero-order chi connectivity index (χ0) is 52.6. The summed E-state index contributed by atoms with van der Waals surface area (Å²) in [4.78, 5) is 38.2. The Balaban J connectivity index is 4.18. The molecule has 0 saturated heterocycles. The second-order valence-electron chi connectivity index (χ2n) is 23.5. The largest absolute Gasteiger partial charge is 0.462 e. The van der Waals surface area contributed by atoms with Gasteiger partial charge in [0.2, 0.25) is 0 Å². The van der Waals surface area contributed by atoms with Crippen LogP contribution in [-0.4, -0.2) is 37.2 Å². The summed E-state index contributed by atoms with van der Waals surface area (Å²) in [6.45, 7) is 13.9. The highest BCUT2D eigenvalue weighted by Crippen LogP contribution is 2.20. The smallest absolute Gasteiger partial charge is 0.306 e. The van der Waals surface area contributed by atoms with Gasteiger partial charge in [0, 0.05) is 19.3 Å². The third-order valence-electron chi connectivity index (χ3n) is 16.2. The van der Waals surface area contributed by atoms with Gasteiger partial charge in [0.1, 0.15) is 13.2 Å². The summed E-state index contributed by atoms with van der Waals surface area (Å²) in [5.74, 6) is 1.79. The second kappa shape index (κ2) is 57.1. The molecule has 0 aromatic heterocycles. The van der Waals surface area contributed by atoms with E-state index in [0.29, 0.717) is 19.3 Å². The Morgan fingerprint density at radius 2 is 0.444 bits per heavy atom. The van der Waals surface area contributed by atoms with E-state index in [2.05, 4.69) is 41.5 Å². The molecule has 0 aromatic rings. The molecule has 0 rings (SSSR count). The minimum atomic E-state index is -0.765. The lowest BCUT2D eigenvalue weighted by molar-refractivity contribution is -0.167. The molecule has 0 aliphatic rings. The molecule has 0 N–H and O–H groups in total. The first-order valence-electron chi connectivity index (χ1n) is 32.7. The summed E-state index contributed by atoms with van der Waals surface area (Å²) in [5.41, 5.74) is 0. The molecule has 0 spiro atoms. The summed E-state index contributed by atoms with van der Waals surface area (Å²) in [6, 6.07) is 0. The van der Waals surface area contributed by atoms with Crippen LogP contribution in [0.2, 0.25) is 0 Å². The van der Waals surface area contributed by atoms with E-state index in [4.69, 9.17) is 14.2 Å². The van der Waals surface area contributed by atoms with Gasteiger partial charge in [-0.2, -0.15) is 0 Å². The number of hydrogen-bond donors (Lipinski definition) is 0. The van der Waals surface area contributed by atoms with Gasteiger partial charge in [-0.3, -0.25) is 14.4 Å². The predicted octanol–water partition coefficient (Wildman–Crippen LogP) is 21.8. The molecule has 6 nitrogen and oxygen atoms in total. The molecule has 0 radical (unpaired) electrons. The molecule has 0 amide bonds. The predicted molar refractivity (Wildman–Crippen MR) is 312 cm³/mol.